The summed E-state index contributed by atoms with van der Waals surface area (Å²) in [6.07, 6.45) is 0.883. The van der Waals surface area contributed by atoms with Crippen molar-refractivity contribution in [2.75, 3.05) is 0 Å². The standard InChI is InChI=1S/C7H2Br2OS2/c8-3-2-11-7-5(9)4(1-10)12-6(3)7/h1-2H. The molecule has 2 aromatic heterocycles. The van der Waals surface area contributed by atoms with Crippen LogP contribution in [0.3, 0.4) is 0 Å². The number of fused-ring (bicyclic) bond motifs is 1. The molecule has 0 amide bonds. The summed E-state index contributed by atoms with van der Waals surface area (Å²) in [5.41, 5.74) is 0. The summed E-state index contributed by atoms with van der Waals surface area (Å²) >= 11 is 9.96. The SMILES string of the molecule is O=Cc1sc2c(Br)csc2c1Br. The van der Waals surface area contributed by atoms with Gasteiger partial charge in [0.25, 0.3) is 0 Å². The first-order chi connectivity index (χ1) is 5.74. The molecule has 2 aromatic rings. The number of thiophene rings is 2. The fraction of sp³-hybridized carbons (Fsp3) is 0. The molecule has 0 atom stereocenters. The van der Waals surface area contributed by atoms with E-state index in [4.69, 9.17) is 0 Å². The molecule has 0 unspecified atom stereocenters. The van der Waals surface area contributed by atoms with Crippen molar-refractivity contribution >= 4 is 70.2 Å². The van der Waals surface area contributed by atoms with Gasteiger partial charge in [0.05, 0.1) is 18.7 Å². The number of hydrogen-bond donors (Lipinski definition) is 0. The minimum absolute atomic E-state index is 0.762. The molecule has 12 heavy (non-hydrogen) atoms. The summed E-state index contributed by atoms with van der Waals surface area (Å²) < 4.78 is 4.29. The zero-order valence-corrected chi connectivity index (χ0v) is 10.4. The molecule has 5 heteroatoms. The van der Waals surface area contributed by atoms with Gasteiger partial charge in [-0.3, -0.25) is 4.79 Å². The minimum Gasteiger partial charge on any atom is -0.297 e. The predicted molar refractivity (Wildman–Crippen MR) is 60.5 cm³/mol. The van der Waals surface area contributed by atoms with Crippen LogP contribution in [0.4, 0.5) is 0 Å². The molecule has 1 nitrogen and oxygen atoms in total. The van der Waals surface area contributed by atoms with E-state index in [0.29, 0.717) is 0 Å². The molecular weight excluding hydrogens is 324 g/mol. The minimum atomic E-state index is 0.762. The molecule has 0 aliphatic heterocycles. The van der Waals surface area contributed by atoms with Crippen LogP contribution in [-0.2, 0) is 0 Å². The van der Waals surface area contributed by atoms with E-state index >= 15 is 0 Å². The van der Waals surface area contributed by atoms with Crippen molar-refractivity contribution in [2.45, 2.75) is 0 Å². The first kappa shape index (κ1) is 8.87. The highest BCUT2D eigenvalue weighted by molar-refractivity contribution is 9.11. The first-order valence-corrected chi connectivity index (χ1v) is 6.32. The third-order valence-electron chi connectivity index (χ3n) is 1.44. The van der Waals surface area contributed by atoms with Crippen molar-refractivity contribution in [3.63, 3.8) is 0 Å². The van der Waals surface area contributed by atoms with E-state index in [2.05, 4.69) is 31.9 Å². The zero-order chi connectivity index (χ0) is 8.72. The summed E-state index contributed by atoms with van der Waals surface area (Å²) in [6.45, 7) is 0. The Labute approximate surface area is 93.7 Å². The average molecular weight is 326 g/mol. The molecule has 0 aliphatic carbocycles. The summed E-state index contributed by atoms with van der Waals surface area (Å²) in [6, 6.07) is 0. The van der Waals surface area contributed by atoms with Crippen molar-refractivity contribution in [3.8, 4) is 0 Å². The molecule has 0 saturated carbocycles. The highest BCUT2D eigenvalue weighted by Crippen LogP contribution is 2.42. The third kappa shape index (κ3) is 1.19. The van der Waals surface area contributed by atoms with Gasteiger partial charge in [-0.1, -0.05) is 0 Å². The van der Waals surface area contributed by atoms with Crippen LogP contribution in [0.2, 0.25) is 0 Å². The molecule has 2 heterocycles. The van der Waals surface area contributed by atoms with Crippen molar-refractivity contribution in [1.82, 2.24) is 0 Å². The van der Waals surface area contributed by atoms with Crippen molar-refractivity contribution in [3.05, 3.63) is 19.2 Å². The Morgan fingerprint density at radius 2 is 2.08 bits per heavy atom. The summed E-state index contributed by atoms with van der Waals surface area (Å²) in [5.74, 6) is 0. The molecule has 0 radical (unpaired) electrons. The fourth-order valence-electron chi connectivity index (χ4n) is 0.915. The molecule has 62 valence electrons. The van der Waals surface area contributed by atoms with E-state index in [1.165, 1.54) is 11.3 Å². The van der Waals surface area contributed by atoms with Gasteiger partial charge in [0.2, 0.25) is 0 Å². The van der Waals surface area contributed by atoms with Crippen LogP contribution < -0.4 is 0 Å². The second-order valence-corrected chi connectivity index (χ2v) is 5.72. The Hall–Kier alpha value is 0.290. The normalized spacial score (nSPS) is 10.8. The lowest BCUT2D eigenvalue weighted by Gasteiger charge is -1.80. The lowest BCUT2D eigenvalue weighted by atomic mass is 10.5. The van der Waals surface area contributed by atoms with Gasteiger partial charge in [-0.25, -0.2) is 0 Å². The molecule has 2 rings (SSSR count). The van der Waals surface area contributed by atoms with Crippen LogP contribution in [0.25, 0.3) is 9.40 Å². The van der Waals surface area contributed by atoms with Crippen LogP contribution in [0.15, 0.2) is 14.3 Å². The number of aldehydes is 1. The van der Waals surface area contributed by atoms with Gasteiger partial charge in [-0.15, -0.1) is 22.7 Å². The van der Waals surface area contributed by atoms with Gasteiger partial charge in [-0.05, 0) is 31.9 Å². The van der Waals surface area contributed by atoms with Crippen LogP contribution in [0.1, 0.15) is 9.67 Å². The maximum absolute atomic E-state index is 10.6. The van der Waals surface area contributed by atoms with E-state index < -0.39 is 0 Å². The maximum Gasteiger partial charge on any atom is 0.161 e. The fourth-order valence-corrected chi connectivity index (χ4v) is 4.70. The Morgan fingerprint density at radius 1 is 1.33 bits per heavy atom. The van der Waals surface area contributed by atoms with E-state index in [-0.39, 0.29) is 0 Å². The number of carbonyl (C=O) groups is 1. The van der Waals surface area contributed by atoms with Crippen LogP contribution in [0, 0.1) is 0 Å². The van der Waals surface area contributed by atoms with Crippen LogP contribution in [-0.4, -0.2) is 6.29 Å². The number of carbonyl (C=O) groups excluding carboxylic acids is 1. The summed E-state index contributed by atoms with van der Waals surface area (Å²) in [7, 11) is 0. The quantitative estimate of drug-likeness (QED) is 0.714. The Bertz CT molecular complexity index is 443. The second-order valence-electron chi connectivity index (χ2n) is 2.14. The Balaban J connectivity index is 2.87. The van der Waals surface area contributed by atoms with Gasteiger partial charge in [0.1, 0.15) is 0 Å². The van der Waals surface area contributed by atoms with Gasteiger partial charge in [0, 0.05) is 9.85 Å². The maximum atomic E-state index is 10.6. The predicted octanol–water partition coefficient (Wildman–Crippen LogP) is 4.30. The number of halogens is 2. The van der Waals surface area contributed by atoms with Crippen LogP contribution >= 0.6 is 54.5 Å². The van der Waals surface area contributed by atoms with Gasteiger partial charge >= 0.3 is 0 Å². The molecule has 0 saturated heterocycles. The van der Waals surface area contributed by atoms with Crippen molar-refractivity contribution < 1.29 is 4.79 Å². The van der Waals surface area contributed by atoms with Crippen molar-refractivity contribution in [1.29, 1.82) is 0 Å². The molecular formula is C7H2Br2OS2. The second kappa shape index (κ2) is 3.21. The highest BCUT2D eigenvalue weighted by Gasteiger charge is 2.12. The Morgan fingerprint density at radius 3 is 2.67 bits per heavy atom. The first-order valence-electron chi connectivity index (χ1n) is 3.04. The summed E-state index contributed by atoms with van der Waals surface area (Å²) in [5, 5.41) is 2.03. The molecule has 0 fully saturated rings. The van der Waals surface area contributed by atoms with Crippen molar-refractivity contribution in [2.24, 2.45) is 0 Å². The van der Waals surface area contributed by atoms with Gasteiger partial charge < -0.3 is 0 Å². The topological polar surface area (TPSA) is 17.1 Å². The van der Waals surface area contributed by atoms with Gasteiger partial charge in [0.15, 0.2) is 6.29 Å². The lowest BCUT2D eigenvalue weighted by Crippen LogP contribution is -1.68. The molecule has 0 N–H and O–H groups in total. The van der Waals surface area contributed by atoms with Crippen LogP contribution in [0.5, 0.6) is 0 Å². The van der Waals surface area contributed by atoms with E-state index in [9.17, 15) is 4.79 Å². The third-order valence-corrected chi connectivity index (χ3v) is 6.25. The highest BCUT2D eigenvalue weighted by atomic mass is 79.9. The zero-order valence-electron chi connectivity index (χ0n) is 5.64. The lowest BCUT2D eigenvalue weighted by molar-refractivity contribution is 0.112. The average Bonchev–Trinajstić information content (AvgIpc) is 2.55. The van der Waals surface area contributed by atoms with Gasteiger partial charge in [-0.2, -0.15) is 0 Å². The largest absolute Gasteiger partial charge is 0.297 e. The Kier molecular flexibility index (Phi) is 2.37. The smallest absolute Gasteiger partial charge is 0.161 e. The van der Waals surface area contributed by atoms with E-state index in [0.717, 1.165) is 29.5 Å². The molecule has 0 aliphatic rings. The van der Waals surface area contributed by atoms with E-state index in [1.807, 2.05) is 5.38 Å². The number of hydrogen-bond acceptors (Lipinski definition) is 3. The number of rotatable bonds is 1. The monoisotopic (exact) mass is 324 g/mol. The summed E-state index contributed by atoms with van der Waals surface area (Å²) in [4.78, 5) is 11.3. The molecule has 0 aromatic carbocycles. The van der Waals surface area contributed by atoms with E-state index in [1.54, 1.807) is 11.3 Å². The molecule has 0 bridgehead atoms. The molecule has 0 spiro atoms.